The maximum atomic E-state index is 8.68. The number of benzene rings is 1. The summed E-state index contributed by atoms with van der Waals surface area (Å²) in [7, 11) is 0. The number of hydrogen-bond donors (Lipinski definition) is 1. The Labute approximate surface area is 104 Å². The molecule has 1 rings (SSSR count). The molecular weight excluding hydrogens is 212 g/mol. The minimum absolute atomic E-state index is 0.101. The number of ether oxygens (including phenoxy) is 1. The molecule has 1 N–H and O–H groups in total. The number of hydrogen-bond acceptors (Lipinski definition) is 2. The van der Waals surface area contributed by atoms with Gasteiger partial charge in [-0.2, -0.15) is 0 Å². The van der Waals surface area contributed by atoms with E-state index in [0.717, 1.165) is 24.3 Å². The average molecular weight is 232 g/mol. The molecule has 0 atom stereocenters. The van der Waals surface area contributed by atoms with E-state index in [2.05, 4.69) is 25.7 Å². The van der Waals surface area contributed by atoms with E-state index in [1.54, 1.807) is 0 Å². The Morgan fingerprint density at radius 2 is 2.06 bits per heavy atom. The lowest BCUT2D eigenvalue weighted by molar-refractivity contribution is 0.289. The fourth-order valence-corrected chi connectivity index (χ4v) is 1.31. The summed E-state index contributed by atoms with van der Waals surface area (Å²) in [6.07, 6.45) is 1.54. The monoisotopic (exact) mass is 232 g/mol. The van der Waals surface area contributed by atoms with Crippen LogP contribution in [-0.2, 0) is 0 Å². The van der Waals surface area contributed by atoms with Crippen LogP contribution in [0.1, 0.15) is 32.3 Å². The van der Waals surface area contributed by atoms with Gasteiger partial charge in [0.05, 0.1) is 18.8 Å². The maximum Gasteiger partial charge on any atom is 0.134 e. The summed E-state index contributed by atoms with van der Waals surface area (Å²) in [5, 5.41) is 8.68. The summed E-state index contributed by atoms with van der Waals surface area (Å²) in [6.45, 7) is 5.17. The fraction of sp³-hybridized carbons (Fsp3) is 0.467. The van der Waals surface area contributed by atoms with E-state index in [1.807, 2.05) is 24.3 Å². The zero-order valence-corrected chi connectivity index (χ0v) is 10.6. The van der Waals surface area contributed by atoms with Gasteiger partial charge in [0.25, 0.3) is 0 Å². The summed E-state index contributed by atoms with van der Waals surface area (Å²) in [6, 6.07) is 7.76. The van der Waals surface area contributed by atoms with Gasteiger partial charge in [-0.25, -0.2) is 0 Å². The van der Waals surface area contributed by atoms with Crippen LogP contribution in [0.15, 0.2) is 24.3 Å². The minimum Gasteiger partial charge on any atom is -0.492 e. The van der Waals surface area contributed by atoms with E-state index in [1.165, 1.54) is 0 Å². The zero-order valence-electron chi connectivity index (χ0n) is 10.6. The first-order chi connectivity index (χ1) is 8.24. The topological polar surface area (TPSA) is 29.5 Å². The smallest absolute Gasteiger partial charge is 0.134 e. The molecule has 2 nitrogen and oxygen atoms in total. The molecule has 0 aliphatic rings. The first-order valence-electron chi connectivity index (χ1n) is 6.05. The molecule has 0 radical (unpaired) electrons. The van der Waals surface area contributed by atoms with Crippen LogP contribution in [-0.4, -0.2) is 18.3 Å². The normalized spacial score (nSPS) is 9.88. The van der Waals surface area contributed by atoms with Crippen LogP contribution in [0.2, 0.25) is 0 Å². The Hall–Kier alpha value is -1.46. The third kappa shape index (κ3) is 5.42. The Morgan fingerprint density at radius 1 is 1.29 bits per heavy atom. The summed E-state index contributed by atoms with van der Waals surface area (Å²) in [5.41, 5.74) is 0.893. The highest BCUT2D eigenvalue weighted by Gasteiger charge is 2.00. The molecule has 0 heterocycles. The Kier molecular flexibility index (Phi) is 6.21. The van der Waals surface area contributed by atoms with Crippen LogP contribution in [0.5, 0.6) is 5.75 Å². The van der Waals surface area contributed by atoms with E-state index in [9.17, 15) is 0 Å². The van der Waals surface area contributed by atoms with Gasteiger partial charge in [-0.1, -0.05) is 37.8 Å². The molecule has 0 spiro atoms. The summed E-state index contributed by atoms with van der Waals surface area (Å²) in [5.74, 6) is 7.40. The van der Waals surface area contributed by atoms with Crippen LogP contribution in [0.25, 0.3) is 0 Å². The van der Waals surface area contributed by atoms with Gasteiger partial charge in [0, 0.05) is 6.42 Å². The van der Waals surface area contributed by atoms with Crippen molar-refractivity contribution in [2.75, 3.05) is 13.2 Å². The van der Waals surface area contributed by atoms with Gasteiger partial charge >= 0.3 is 0 Å². The Bertz CT molecular complexity index is 385. The highest BCUT2D eigenvalue weighted by Crippen LogP contribution is 2.17. The summed E-state index contributed by atoms with van der Waals surface area (Å²) in [4.78, 5) is 0. The van der Waals surface area contributed by atoms with Gasteiger partial charge in [0.1, 0.15) is 5.75 Å². The molecule has 92 valence electrons. The molecule has 0 saturated heterocycles. The molecular formula is C15H20O2. The molecule has 0 fully saturated rings. The van der Waals surface area contributed by atoms with E-state index < -0.39 is 0 Å². The molecule has 0 aliphatic carbocycles. The maximum absolute atomic E-state index is 8.68. The molecule has 0 aliphatic heterocycles. The van der Waals surface area contributed by atoms with Gasteiger partial charge in [-0.3, -0.25) is 0 Å². The first kappa shape index (κ1) is 13.6. The van der Waals surface area contributed by atoms with Gasteiger partial charge in [0.2, 0.25) is 0 Å². The van der Waals surface area contributed by atoms with Crippen molar-refractivity contribution in [2.45, 2.75) is 26.7 Å². The molecule has 0 amide bonds. The van der Waals surface area contributed by atoms with Crippen LogP contribution in [0.4, 0.5) is 0 Å². The lowest BCUT2D eigenvalue weighted by Crippen LogP contribution is -2.02. The van der Waals surface area contributed by atoms with Gasteiger partial charge in [0.15, 0.2) is 0 Å². The summed E-state index contributed by atoms with van der Waals surface area (Å²) < 4.78 is 5.71. The van der Waals surface area contributed by atoms with Crippen molar-refractivity contribution >= 4 is 0 Å². The highest BCUT2D eigenvalue weighted by atomic mass is 16.5. The standard InChI is InChI=1S/C15H20O2/c1-13(2)10-12-17-15-9-4-3-7-14(15)8-5-6-11-16/h3-4,7,9,13,16H,6,10-12H2,1-2H3. The van der Waals surface area contributed by atoms with Crippen molar-refractivity contribution in [3.8, 4) is 17.6 Å². The molecule has 1 aromatic carbocycles. The second-order valence-electron chi connectivity index (χ2n) is 4.30. The molecule has 1 aromatic rings. The van der Waals surface area contributed by atoms with Crippen molar-refractivity contribution in [3.63, 3.8) is 0 Å². The van der Waals surface area contributed by atoms with Gasteiger partial charge < -0.3 is 9.84 Å². The van der Waals surface area contributed by atoms with Crippen LogP contribution < -0.4 is 4.74 Å². The number of aliphatic hydroxyl groups excluding tert-OH is 1. The molecule has 0 saturated carbocycles. The quantitative estimate of drug-likeness (QED) is 0.791. The van der Waals surface area contributed by atoms with E-state index in [0.29, 0.717) is 12.3 Å². The van der Waals surface area contributed by atoms with Crippen molar-refractivity contribution in [1.82, 2.24) is 0 Å². The summed E-state index contributed by atoms with van der Waals surface area (Å²) >= 11 is 0. The van der Waals surface area contributed by atoms with Crippen molar-refractivity contribution in [3.05, 3.63) is 29.8 Å². The lowest BCUT2D eigenvalue weighted by atomic mass is 10.1. The van der Waals surface area contributed by atoms with E-state index in [4.69, 9.17) is 9.84 Å². The Morgan fingerprint density at radius 3 is 2.76 bits per heavy atom. The molecule has 0 bridgehead atoms. The third-order valence-corrected chi connectivity index (χ3v) is 2.30. The zero-order chi connectivity index (χ0) is 12.5. The van der Waals surface area contributed by atoms with Crippen LogP contribution >= 0.6 is 0 Å². The van der Waals surface area contributed by atoms with Gasteiger partial charge in [-0.15, -0.1) is 0 Å². The van der Waals surface area contributed by atoms with Gasteiger partial charge in [-0.05, 0) is 24.5 Å². The fourth-order valence-electron chi connectivity index (χ4n) is 1.31. The number of aliphatic hydroxyl groups is 1. The third-order valence-electron chi connectivity index (χ3n) is 2.30. The lowest BCUT2D eigenvalue weighted by Gasteiger charge is -2.09. The van der Waals surface area contributed by atoms with Crippen molar-refractivity contribution < 1.29 is 9.84 Å². The predicted molar refractivity (Wildman–Crippen MR) is 70.0 cm³/mol. The second-order valence-corrected chi connectivity index (χ2v) is 4.30. The predicted octanol–water partition coefficient (Wildman–Crippen LogP) is 2.85. The molecule has 0 aromatic heterocycles. The largest absolute Gasteiger partial charge is 0.492 e. The van der Waals surface area contributed by atoms with E-state index >= 15 is 0 Å². The average Bonchev–Trinajstić information content (AvgIpc) is 2.31. The van der Waals surface area contributed by atoms with Crippen molar-refractivity contribution in [2.24, 2.45) is 5.92 Å². The number of rotatable bonds is 5. The van der Waals surface area contributed by atoms with E-state index in [-0.39, 0.29) is 6.61 Å². The SMILES string of the molecule is CC(C)CCOc1ccccc1C#CCCO. The van der Waals surface area contributed by atoms with Crippen LogP contribution in [0, 0.1) is 17.8 Å². The minimum atomic E-state index is 0.101. The number of para-hydroxylation sites is 1. The molecule has 17 heavy (non-hydrogen) atoms. The molecule has 2 heteroatoms. The van der Waals surface area contributed by atoms with Crippen molar-refractivity contribution in [1.29, 1.82) is 0 Å². The first-order valence-corrected chi connectivity index (χ1v) is 6.05. The molecule has 0 unspecified atom stereocenters. The Balaban J connectivity index is 2.62. The highest BCUT2D eigenvalue weighted by molar-refractivity contribution is 5.45. The van der Waals surface area contributed by atoms with Crippen LogP contribution in [0.3, 0.4) is 0 Å². The second kappa shape index (κ2) is 7.76.